The highest BCUT2D eigenvalue weighted by Crippen LogP contribution is 2.37. The molecule has 0 saturated heterocycles. The number of carbonyl (C=O) groups is 1. The van der Waals surface area contributed by atoms with Crippen LogP contribution in [0.4, 0.5) is 10.1 Å². The van der Waals surface area contributed by atoms with Crippen molar-refractivity contribution in [2.75, 3.05) is 12.4 Å². The number of methoxy groups -OCH3 is 1. The average molecular weight is 385 g/mol. The Balaban J connectivity index is 1.75. The number of pyridine rings is 1. The summed E-state index contributed by atoms with van der Waals surface area (Å²) >= 11 is 0. The number of anilines is 1. The van der Waals surface area contributed by atoms with Crippen LogP contribution < -0.4 is 10.1 Å². The molecule has 1 N–H and O–H groups in total. The van der Waals surface area contributed by atoms with Crippen molar-refractivity contribution in [1.82, 2.24) is 9.38 Å². The van der Waals surface area contributed by atoms with Gasteiger partial charge in [0.05, 0.1) is 24.1 Å². The number of nitrogens with zero attached hydrogens (tertiary/aromatic N) is 2. The molecule has 0 bridgehead atoms. The van der Waals surface area contributed by atoms with Crippen molar-refractivity contribution in [1.29, 1.82) is 0 Å². The van der Waals surface area contributed by atoms with E-state index in [0.717, 1.165) is 28.2 Å². The van der Waals surface area contributed by atoms with Gasteiger partial charge in [0.1, 0.15) is 17.2 Å². The van der Waals surface area contributed by atoms with E-state index in [9.17, 15) is 9.18 Å². The first-order chi connectivity index (χ1) is 14.1. The predicted molar refractivity (Wildman–Crippen MR) is 110 cm³/mol. The summed E-state index contributed by atoms with van der Waals surface area (Å²) < 4.78 is 20.6. The molecule has 142 valence electrons. The van der Waals surface area contributed by atoms with Gasteiger partial charge in [0, 0.05) is 23.0 Å². The number of nitrogens with one attached hydrogen (secondary N) is 1. The number of fused-ring (bicyclic) bond motifs is 2. The van der Waals surface area contributed by atoms with Crippen molar-refractivity contribution in [2.24, 2.45) is 0 Å². The van der Waals surface area contributed by atoms with Crippen LogP contribution >= 0.6 is 0 Å². The molecule has 0 saturated carbocycles. The van der Waals surface area contributed by atoms with E-state index in [1.54, 1.807) is 25.3 Å². The van der Waals surface area contributed by atoms with Crippen LogP contribution in [0.3, 0.4) is 0 Å². The Morgan fingerprint density at radius 2 is 1.93 bits per heavy atom. The van der Waals surface area contributed by atoms with Crippen LogP contribution in [0.25, 0.3) is 28.6 Å². The lowest BCUT2D eigenvalue weighted by Crippen LogP contribution is -2.04. The predicted octanol–water partition coefficient (Wildman–Crippen LogP) is 4.64. The van der Waals surface area contributed by atoms with Gasteiger partial charge in [-0.05, 0) is 60.7 Å². The molecular weight excluding hydrogens is 369 g/mol. The summed E-state index contributed by atoms with van der Waals surface area (Å²) in [4.78, 5) is 17.4. The fourth-order valence-corrected chi connectivity index (χ4v) is 3.55. The third kappa shape index (κ3) is 2.86. The minimum atomic E-state index is -0.311. The number of rotatable bonds is 3. The van der Waals surface area contributed by atoms with Crippen LogP contribution in [0, 0.1) is 5.82 Å². The molecule has 1 aliphatic heterocycles. The Labute approximate surface area is 166 Å². The Morgan fingerprint density at radius 3 is 2.72 bits per heavy atom. The van der Waals surface area contributed by atoms with Crippen molar-refractivity contribution in [3.05, 3.63) is 83.9 Å². The van der Waals surface area contributed by atoms with Gasteiger partial charge >= 0.3 is 0 Å². The van der Waals surface area contributed by atoms with Crippen LogP contribution in [0.15, 0.2) is 66.9 Å². The molecule has 29 heavy (non-hydrogen) atoms. The van der Waals surface area contributed by atoms with Crippen LogP contribution in [-0.4, -0.2) is 22.4 Å². The molecule has 0 fully saturated rings. The summed E-state index contributed by atoms with van der Waals surface area (Å²) in [5, 5.41) is 2.88. The summed E-state index contributed by atoms with van der Waals surface area (Å²) in [6.45, 7) is 0. The van der Waals surface area contributed by atoms with E-state index in [0.29, 0.717) is 17.0 Å². The van der Waals surface area contributed by atoms with Crippen molar-refractivity contribution in [2.45, 2.75) is 0 Å². The number of amides is 1. The number of aromatic nitrogens is 2. The maximum absolute atomic E-state index is 13.4. The second-order valence-corrected chi connectivity index (χ2v) is 6.71. The highest BCUT2D eigenvalue weighted by atomic mass is 19.1. The largest absolute Gasteiger partial charge is 0.497 e. The van der Waals surface area contributed by atoms with Crippen molar-refractivity contribution in [3.63, 3.8) is 0 Å². The number of ether oxygens (including phenoxy) is 1. The molecule has 0 radical (unpaired) electrons. The SMILES string of the molecule is COc1ccc2c(c1)/C(=C\c1c(-c3ccc(F)cc3)nc3ccccn13)C(=O)N2. The maximum atomic E-state index is 13.4. The maximum Gasteiger partial charge on any atom is 0.256 e. The third-order valence-electron chi connectivity index (χ3n) is 4.98. The Bertz CT molecular complexity index is 1290. The fraction of sp³-hybridized carbons (Fsp3) is 0.0435. The number of benzene rings is 2. The van der Waals surface area contributed by atoms with E-state index in [-0.39, 0.29) is 11.7 Å². The number of imidazole rings is 1. The first kappa shape index (κ1) is 17.2. The molecule has 5 rings (SSSR count). The lowest BCUT2D eigenvalue weighted by Gasteiger charge is -2.05. The van der Waals surface area contributed by atoms with Gasteiger partial charge in [-0.25, -0.2) is 9.37 Å². The molecule has 1 amide bonds. The number of hydrogen-bond acceptors (Lipinski definition) is 3. The van der Waals surface area contributed by atoms with Gasteiger partial charge in [-0.3, -0.25) is 9.20 Å². The fourth-order valence-electron chi connectivity index (χ4n) is 3.55. The second kappa shape index (κ2) is 6.60. The average Bonchev–Trinajstić information content (AvgIpc) is 3.26. The monoisotopic (exact) mass is 385 g/mol. The first-order valence-electron chi connectivity index (χ1n) is 9.08. The number of carbonyl (C=O) groups excluding carboxylic acids is 1. The zero-order valence-electron chi connectivity index (χ0n) is 15.5. The Morgan fingerprint density at radius 1 is 1.10 bits per heavy atom. The van der Waals surface area contributed by atoms with E-state index >= 15 is 0 Å². The molecule has 0 aliphatic carbocycles. The second-order valence-electron chi connectivity index (χ2n) is 6.71. The summed E-state index contributed by atoms with van der Waals surface area (Å²) in [6.07, 6.45) is 3.71. The highest BCUT2D eigenvalue weighted by molar-refractivity contribution is 6.35. The summed E-state index contributed by atoms with van der Waals surface area (Å²) in [5.74, 6) is 0.167. The molecule has 0 atom stereocenters. The smallest absolute Gasteiger partial charge is 0.256 e. The van der Waals surface area contributed by atoms with Gasteiger partial charge in [0.2, 0.25) is 0 Å². The molecule has 1 aliphatic rings. The highest BCUT2D eigenvalue weighted by Gasteiger charge is 2.26. The van der Waals surface area contributed by atoms with Gasteiger partial charge in [0.15, 0.2) is 0 Å². The number of halogens is 1. The van der Waals surface area contributed by atoms with E-state index in [4.69, 9.17) is 9.72 Å². The molecule has 6 heteroatoms. The third-order valence-corrected chi connectivity index (χ3v) is 4.98. The zero-order chi connectivity index (χ0) is 20.0. The quantitative estimate of drug-likeness (QED) is 0.523. The topological polar surface area (TPSA) is 55.6 Å². The molecular formula is C23H16FN3O2. The minimum Gasteiger partial charge on any atom is -0.497 e. The molecule has 3 heterocycles. The Kier molecular flexibility index (Phi) is 3.91. The molecule has 0 unspecified atom stereocenters. The van der Waals surface area contributed by atoms with Crippen molar-refractivity contribution < 1.29 is 13.9 Å². The van der Waals surface area contributed by atoms with Crippen LogP contribution in [0.1, 0.15) is 11.3 Å². The summed E-state index contributed by atoms with van der Waals surface area (Å²) in [5.41, 5.74) is 4.95. The van der Waals surface area contributed by atoms with Crippen LogP contribution in [0.2, 0.25) is 0 Å². The van der Waals surface area contributed by atoms with E-state index < -0.39 is 0 Å². The zero-order valence-corrected chi connectivity index (χ0v) is 15.5. The first-order valence-corrected chi connectivity index (χ1v) is 9.08. The van der Waals surface area contributed by atoms with Crippen molar-refractivity contribution in [3.8, 4) is 17.0 Å². The lowest BCUT2D eigenvalue weighted by molar-refractivity contribution is -0.110. The number of hydrogen-bond donors (Lipinski definition) is 1. The van der Waals surface area contributed by atoms with Crippen LogP contribution in [0.5, 0.6) is 5.75 Å². The molecule has 5 nitrogen and oxygen atoms in total. The minimum absolute atomic E-state index is 0.191. The Hall–Kier alpha value is -3.93. The van der Waals surface area contributed by atoms with Gasteiger partial charge in [-0.1, -0.05) is 6.07 Å². The molecule has 0 spiro atoms. The van der Waals surface area contributed by atoms with E-state index in [2.05, 4.69) is 5.32 Å². The summed E-state index contributed by atoms with van der Waals surface area (Å²) in [7, 11) is 1.59. The van der Waals surface area contributed by atoms with Crippen molar-refractivity contribution >= 4 is 28.9 Å². The molecule has 2 aromatic heterocycles. The summed E-state index contributed by atoms with van der Waals surface area (Å²) in [6, 6.07) is 17.3. The van der Waals surface area contributed by atoms with Gasteiger partial charge < -0.3 is 10.1 Å². The standard InChI is InChI=1S/C23H16FN3O2/c1-29-16-9-10-19-17(12-16)18(23(28)25-19)13-20-22(14-5-7-15(24)8-6-14)26-21-4-2-3-11-27(20)21/h2-13H,1H3,(H,25,28)/b18-13+. The van der Waals surface area contributed by atoms with Gasteiger partial charge in [-0.15, -0.1) is 0 Å². The van der Waals surface area contributed by atoms with Gasteiger partial charge in [-0.2, -0.15) is 0 Å². The van der Waals surface area contributed by atoms with E-state index in [1.807, 2.05) is 47.0 Å². The normalized spacial score (nSPS) is 14.3. The van der Waals surface area contributed by atoms with E-state index in [1.165, 1.54) is 12.1 Å². The lowest BCUT2D eigenvalue weighted by atomic mass is 10.0. The molecule has 4 aromatic rings. The molecule has 2 aromatic carbocycles. The van der Waals surface area contributed by atoms with Crippen LogP contribution in [-0.2, 0) is 4.79 Å². The van der Waals surface area contributed by atoms with Gasteiger partial charge in [0.25, 0.3) is 5.91 Å².